The van der Waals surface area contributed by atoms with Gasteiger partial charge in [0.1, 0.15) is 0 Å². The van der Waals surface area contributed by atoms with Crippen molar-refractivity contribution in [2.24, 2.45) is 5.92 Å². The topological polar surface area (TPSA) is 36.3 Å². The zero-order valence-corrected chi connectivity index (χ0v) is 7.62. The second-order valence-electron chi connectivity index (χ2n) is 3.41. The first kappa shape index (κ1) is 9.50. The van der Waals surface area contributed by atoms with E-state index in [0.717, 1.165) is 25.7 Å². The van der Waals surface area contributed by atoms with Crippen molar-refractivity contribution in [3.63, 3.8) is 0 Å². The molecular formula is C9H16N2O. The van der Waals surface area contributed by atoms with Gasteiger partial charge in [0.15, 0.2) is 0 Å². The quantitative estimate of drug-likeness (QED) is 0.436. The molecular weight excluding hydrogens is 152 g/mol. The lowest BCUT2D eigenvalue weighted by atomic mass is 10.5. The van der Waals surface area contributed by atoms with Crippen LogP contribution in [0.1, 0.15) is 12.8 Å². The Labute approximate surface area is 73.9 Å². The van der Waals surface area contributed by atoms with Gasteiger partial charge >= 0.3 is 0 Å². The van der Waals surface area contributed by atoms with Gasteiger partial charge in [-0.05, 0) is 25.8 Å². The Balaban J connectivity index is 1.83. The third-order valence-corrected chi connectivity index (χ3v) is 2.01. The standard InChI is InChI=1S/C9H16N2O/c1-11(5-4-10)6-7-12-8-9-2-3-9/h9H,2-3,5-8H2,1H3. The smallest absolute Gasteiger partial charge is 0.0864 e. The zero-order valence-electron chi connectivity index (χ0n) is 7.62. The number of hydrogen-bond donors (Lipinski definition) is 0. The molecule has 3 nitrogen and oxygen atoms in total. The van der Waals surface area contributed by atoms with Crippen molar-refractivity contribution >= 4 is 0 Å². The third kappa shape index (κ3) is 4.32. The summed E-state index contributed by atoms with van der Waals surface area (Å²) >= 11 is 0. The average Bonchev–Trinajstić information content (AvgIpc) is 2.82. The van der Waals surface area contributed by atoms with Crippen LogP contribution in [0.25, 0.3) is 0 Å². The van der Waals surface area contributed by atoms with E-state index < -0.39 is 0 Å². The minimum atomic E-state index is 0.493. The highest BCUT2D eigenvalue weighted by Crippen LogP contribution is 2.28. The van der Waals surface area contributed by atoms with Gasteiger partial charge in [-0.15, -0.1) is 0 Å². The van der Waals surface area contributed by atoms with Gasteiger partial charge in [0.25, 0.3) is 0 Å². The van der Waals surface area contributed by atoms with E-state index in [1.54, 1.807) is 0 Å². The van der Waals surface area contributed by atoms with Crippen molar-refractivity contribution in [1.82, 2.24) is 4.90 Å². The first-order chi connectivity index (χ1) is 5.83. The number of nitrogens with zero attached hydrogens (tertiary/aromatic N) is 2. The summed E-state index contributed by atoms with van der Waals surface area (Å²) in [5, 5.41) is 8.36. The SMILES string of the molecule is CN(CC#N)CCOCC1CC1. The van der Waals surface area contributed by atoms with E-state index in [-0.39, 0.29) is 0 Å². The molecule has 0 unspecified atom stereocenters. The van der Waals surface area contributed by atoms with Gasteiger partial charge in [0.05, 0.1) is 19.2 Å². The highest BCUT2D eigenvalue weighted by atomic mass is 16.5. The van der Waals surface area contributed by atoms with Crippen molar-refractivity contribution in [2.45, 2.75) is 12.8 Å². The van der Waals surface area contributed by atoms with Gasteiger partial charge in [-0.25, -0.2) is 0 Å². The van der Waals surface area contributed by atoms with Crippen LogP contribution in [0.5, 0.6) is 0 Å². The molecule has 0 radical (unpaired) electrons. The van der Waals surface area contributed by atoms with Crippen LogP contribution in [0.15, 0.2) is 0 Å². The summed E-state index contributed by atoms with van der Waals surface area (Å²) in [6, 6.07) is 2.10. The van der Waals surface area contributed by atoms with Crippen molar-refractivity contribution in [3.05, 3.63) is 0 Å². The second kappa shape index (κ2) is 5.13. The first-order valence-electron chi connectivity index (χ1n) is 4.46. The fourth-order valence-corrected chi connectivity index (χ4v) is 0.955. The molecule has 1 aliphatic carbocycles. The van der Waals surface area contributed by atoms with Crippen LogP contribution in [-0.2, 0) is 4.74 Å². The molecule has 0 N–H and O–H groups in total. The maximum absolute atomic E-state index is 8.36. The zero-order chi connectivity index (χ0) is 8.81. The van der Waals surface area contributed by atoms with Gasteiger partial charge < -0.3 is 4.74 Å². The Morgan fingerprint density at radius 3 is 2.92 bits per heavy atom. The van der Waals surface area contributed by atoms with E-state index in [9.17, 15) is 0 Å². The summed E-state index contributed by atoms with van der Waals surface area (Å²) < 4.78 is 5.42. The summed E-state index contributed by atoms with van der Waals surface area (Å²) in [4.78, 5) is 1.97. The lowest BCUT2D eigenvalue weighted by Crippen LogP contribution is -2.23. The molecule has 0 amide bonds. The molecule has 0 aromatic carbocycles. The summed E-state index contributed by atoms with van der Waals surface area (Å²) in [7, 11) is 1.93. The van der Waals surface area contributed by atoms with Gasteiger partial charge in [0, 0.05) is 13.2 Å². The largest absolute Gasteiger partial charge is 0.380 e. The Kier molecular flexibility index (Phi) is 4.06. The predicted molar refractivity (Wildman–Crippen MR) is 46.7 cm³/mol. The van der Waals surface area contributed by atoms with Crippen molar-refractivity contribution < 1.29 is 4.74 Å². The van der Waals surface area contributed by atoms with E-state index in [0.29, 0.717) is 6.54 Å². The predicted octanol–water partition coefficient (Wildman–Crippen LogP) is 0.868. The summed E-state index contributed by atoms with van der Waals surface area (Å²) in [6.07, 6.45) is 2.68. The minimum absolute atomic E-state index is 0.493. The second-order valence-corrected chi connectivity index (χ2v) is 3.41. The van der Waals surface area contributed by atoms with E-state index in [2.05, 4.69) is 6.07 Å². The normalized spacial score (nSPS) is 16.4. The monoisotopic (exact) mass is 168 g/mol. The van der Waals surface area contributed by atoms with Crippen LogP contribution in [0.4, 0.5) is 0 Å². The van der Waals surface area contributed by atoms with Gasteiger partial charge in [-0.1, -0.05) is 0 Å². The lowest BCUT2D eigenvalue weighted by Gasteiger charge is -2.11. The maximum Gasteiger partial charge on any atom is 0.0864 e. The molecule has 1 fully saturated rings. The number of rotatable bonds is 6. The number of ether oxygens (including phenoxy) is 1. The molecule has 0 aromatic rings. The molecule has 0 atom stereocenters. The molecule has 3 heteroatoms. The molecule has 1 aliphatic rings. The Morgan fingerprint density at radius 1 is 1.58 bits per heavy atom. The van der Waals surface area contributed by atoms with E-state index >= 15 is 0 Å². The average molecular weight is 168 g/mol. The molecule has 68 valence electrons. The Morgan fingerprint density at radius 2 is 2.33 bits per heavy atom. The van der Waals surface area contributed by atoms with Gasteiger partial charge in [0.2, 0.25) is 0 Å². The third-order valence-electron chi connectivity index (χ3n) is 2.01. The maximum atomic E-state index is 8.36. The number of nitriles is 1. The van der Waals surface area contributed by atoms with Gasteiger partial charge in [-0.3, -0.25) is 4.90 Å². The fourth-order valence-electron chi connectivity index (χ4n) is 0.955. The summed E-state index contributed by atoms with van der Waals surface area (Å²) in [5.74, 6) is 0.839. The van der Waals surface area contributed by atoms with Crippen LogP contribution in [0.2, 0.25) is 0 Å². The van der Waals surface area contributed by atoms with Crippen LogP contribution >= 0.6 is 0 Å². The molecule has 0 heterocycles. The Hall–Kier alpha value is -0.590. The molecule has 0 spiro atoms. The van der Waals surface area contributed by atoms with Gasteiger partial charge in [-0.2, -0.15) is 5.26 Å². The fraction of sp³-hybridized carbons (Fsp3) is 0.889. The molecule has 0 aromatic heterocycles. The molecule has 1 saturated carbocycles. The molecule has 0 bridgehead atoms. The number of hydrogen-bond acceptors (Lipinski definition) is 3. The molecule has 1 rings (SSSR count). The van der Waals surface area contributed by atoms with Crippen molar-refractivity contribution in [2.75, 3.05) is 33.4 Å². The summed E-state index contributed by atoms with van der Waals surface area (Å²) in [5.41, 5.74) is 0. The van der Waals surface area contributed by atoms with Crippen molar-refractivity contribution in [1.29, 1.82) is 5.26 Å². The molecule has 12 heavy (non-hydrogen) atoms. The van der Waals surface area contributed by atoms with Crippen molar-refractivity contribution in [3.8, 4) is 6.07 Å². The Bertz CT molecular complexity index is 160. The van der Waals surface area contributed by atoms with E-state index in [4.69, 9.17) is 10.00 Å². The highest BCUT2D eigenvalue weighted by molar-refractivity contribution is 4.74. The van der Waals surface area contributed by atoms with E-state index in [1.807, 2.05) is 11.9 Å². The van der Waals surface area contributed by atoms with Crippen LogP contribution in [0.3, 0.4) is 0 Å². The number of likely N-dealkylation sites (N-methyl/N-ethyl adjacent to an activating group) is 1. The molecule has 0 saturated heterocycles. The van der Waals surface area contributed by atoms with Crippen LogP contribution in [0, 0.1) is 17.2 Å². The molecule has 0 aliphatic heterocycles. The lowest BCUT2D eigenvalue weighted by molar-refractivity contribution is 0.106. The van der Waals surface area contributed by atoms with Crippen LogP contribution in [-0.4, -0.2) is 38.3 Å². The minimum Gasteiger partial charge on any atom is -0.380 e. The van der Waals surface area contributed by atoms with E-state index in [1.165, 1.54) is 12.8 Å². The highest BCUT2D eigenvalue weighted by Gasteiger charge is 2.20. The van der Waals surface area contributed by atoms with Crippen LogP contribution < -0.4 is 0 Å². The first-order valence-corrected chi connectivity index (χ1v) is 4.46. The summed E-state index contributed by atoms with van der Waals surface area (Å²) in [6.45, 7) is 3.03.